The van der Waals surface area contributed by atoms with Crippen molar-refractivity contribution in [2.24, 2.45) is 5.73 Å². The summed E-state index contributed by atoms with van der Waals surface area (Å²) >= 11 is 0. The molecule has 0 saturated carbocycles. The molecule has 0 aliphatic rings. The number of likely N-dealkylation sites (N-methyl/N-ethyl adjacent to an activating group) is 1. The zero-order valence-corrected chi connectivity index (χ0v) is 13.3. The average Bonchev–Trinajstić information content (AvgIpc) is 2.45. The standard InChI is InChI=1S/C14H23N3O3S/c1-3-8-16-14(18)10-17(2)21(19,20)11-13-6-4-12(9-15)5-7-13/h4-7H,3,8-11,15H2,1-2H3,(H,16,18). The Morgan fingerprint density at radius 1 is 1.24 bits per heavy atom. The van der Waals surface area contributed by atoms with Crippen LogP contribution < -0.4 is 11.1 Å². The molecule has 6 nitrogen and oxygen atoms in total. The molecular formula is C14H23N3O3S. The highest BCUT2D eigenvalue weighted by Gasteiger charge is 2.20. The largest absolute Gasteiger partial charge is 0.355 e. The Morgan fingerprint density at radius 3 is 2.33 bits per heavy atom. The summed E-state index contributed by atoms with van der Waals surface area (Å²) in [5.41, 5.74) is 7.12. The third-order valence-corrected chi connectivity index (χ3v) is 4.80. The van der Waals surface area contributed by atoms with Gasteiger partial charge in [-0.05, 0) is 17.5 Å². The number of hydrogen-bond donors (Lipinski definition) is 2. The van der Waals surface area contributed by atoms with Crippen LogP contribution in [0.25, 0.3) is 0 Å². The molecule has 7 heteroatoms. The molecule has 0 radical (unpaired) electrons. The van der Waals surface area contributed by atoms with Crippen LogP contribution in [0.15, 0.2) is 24.3 Å². The van der Waals surface area contributed by atoms with Crippen LogP contribution in [-0.4, -0.2) is 38.8 Å². The molecule has 3 N–H and O–H groups in total. The number of amides is 1. The predicted octanol–water partition coefficient (Wildman–Crippen LogP) is 0.433. The van der Waals surface area contributed by atoms with Gasteiger partial charge >= 0.3 is 0 Å². The quantitative estimate of drug-likeness (QED) is 0.728. The summed E-state index contributed by atoms with van der Waals surface area (Å²) in [6.07, 6.45) is 0.815. The lowest BCUT2D eigenvalue weighted by Crippen LogP contribution is -2.39. The predicted molar refractivity (Wildman–Crippen MR) is 82.9 cm³/mol. The van der Waals surface area contributed by atoms with E-state index in [1.807, 2.05) is 6.92 Å². The average molecular weight is 313 g/mol. The van der Waals surface area contributed by atoms with Gasteiger partial charge in [-0.15, -0.1) is 0 Å². The molecular weight excluding hydrogens is 290 g/mol. The van der Waals surface area contributed by atoms with Crippen LogP contribution in [0.5, 0.6) is 0 Å². The summed E-state index contributed by atoms with van der Waals surface area (Å²) in [6.45, 7) is 2.74. The Labute approximate surface area is 126 Å². The maximum absolute atomic E-state index is 12.2. The van der Waals surface area contributed by atoms with Crippen LogP contribution in [0.4, 0.5) is 0 Å². The van der Waals surface area contributed by atoms with Gasteiger partial charge in [0.25, 0.3) is 0 Å². The van der Waals surface area contributed by atoms with Crippen LogP contribution in [0.3, 0.4) is 0 Å². The van der Waals surface area contributed by atoms with Gasteiger partial charge in [0, 0.05) is 20.1 Å². The van der Waals surface area contributed by atoms with Gasteiger partial charge in [0.05, 0.1) is 12.3 Å². The van der Waals surface area contributed by atoms with E-state index in [9.17, 15) is 13.2 Å². The van der Waals surface area contributed by atoms with Gasteiger partial charge in [-0.3, -0.25) is 4.79 Å². The fourth-order valence-electron chi connectivity index (χ4n) is 1.71. The van der Waals surface area contributed by atoms with Crippen molar-refractivity contribution >= 4 is 15.9 Å². The molecule has 0 aromatic heterocycles. The summed E-state index contributed by atoms with van der Waals surface area (Å²) in [7, 11) is -2.10. The van der Waals surface area contributed by atoms with E-state index < -0.39 is 10.0 Å². The van der Waals surface area contributed by atoms with Crippen molar-refractivity contribution in [2.45, 2.75) is 25.6 Å². The van der Waals surface area contributed by atoms with E-state index in [0.29, 0.717) is 18.7 Å². The van der Waals surface area contributed by atoms with Crippen molar-refractivity contribution in [2.75, 3.05) is 20.1 Å². The van der Waals surface area contributed by atoms with Crippen molar-refractivity contribution in [3.8, 4) is 0 Å². The number of nitrogens with one attached hydrogen (secondary N) is 1. The molecule has 0 atom stereocenters. The second-order valence-corrected chi connectivity index (χ2v) is 6.96. The molecule has 1 rings (SSSR count). The highest BCUT2D eigenvalue weighted by molar-refractivity contribution is 7.88. The van der Waals surface area contributed by atoms with E-state index in [-0.39, 0.29) is 18.2 Å². The molecule has 0 bridgehead atoms. The molecule has 118 valence electrons. The minimum absolute atomic E-state index is 0.130. The second kappa shape index (κ2) is 8.11. The van der Waals surface area contributed by atoms with Crippen molar-refractivity contribution < 1.29 is 13.2 Å². The molecule has 21 heavy (non-hydrogen) atoms. The number of benzene rings is 1. The lowest BCUT2D eigenvalue weighted by Gasteiger charge is -2.17. The van der Waals surface area contributed by atoms with Gasteiger partial charge in [-0.25, -0.2) is 8.42 Å². The molecule has 0 fully saturated rings. The normalized spacial score (nSPS) is 11.6. The molecule has 1 aromatic rings. The third kappa shape index (κ3) is 5.82. The number of carbonyl (C=O) groups excluding carboxylic acids is 1. The van der Waals surface area contributed by atoms with Gasteiger partial charge in [0.1, 0.15) is 0 Å². The maximum Gasteiger partial charge on any atom is 0.235 e. The van der Waals surface area contributed by atoms with E-state index in [1.54, 1.807) is 24.3 Å². The fraction of sp³-hybridized carbons (Fsp3) is 0.500. The number of nitrogens with two attached hydrogens (primary N) is 1. The van der Waals surface area contributed by atoms with Gasteiger partial charge < -0.3 is 11.1 Å². The van der Waals surface area contributed by atoms with E-state index in [2.05, 4.69) is 5.32 Å². The fourth-order valence-corrected chi connectivity index (χ4v) is 2.86. The summed E-state index contributed by atoms with van der Waals surface area (Å²) in [6, 6.07) is 7.09. The number of hydrogen-bond acceptors (Lipinski definition) is 4. The molecule has 0 heterocycles. The third-order valence-electron chi connectivity index (χ3n) is 3.02. The lowest BCUT2D eigenvalue weighted by atomic mass is 10.1. The summed E-state index contributed by atoms with van der Waals surface area (Å²) in [5, 5.41) is 2.66. The Bertz CT molecular complexity index is 555. The summed E-state index contributed by atoms with van der Waals surface area (Å²) < 4.78 is 25.4. The van der Waals surface area contributed by atoms with Crippen molar-refractivity contribution in [3.63, 3.8) is 0 Å². The minimum Gasteiger partial charge on any atom is -0.355 e. The van der Waals surface area contributed by atoms with Crippen molar-refractivity contribution in [3.05, 3.63) is 35.4 Å². The number of rotatable bonds is 8. The van der Waals surface area contributed by atoms with Crippen LogP contribution in [0.2, 0.25) is 0 Å². The van der Waals surface area contributed by atoms with Crippen molar-refractivity contribution in [1.29, 1.82) is 0 Å². The number of sulfonamides is 1. The Balaban J connectivity index is 2.64. The van der Waals surface area contributed by atoms with Crippen LogP contribution in [-0.2, 0) is 27.1 Å². The Hall–Kier alpha value is -1.44. The zero-order chi connectivity index (χ0) is 15.9. The van der Waals surface area contributed by atoms with E-state index in [0.717, 1.165) is 16.3 Å². The molecule has 0 aliphatic carbocycles. The second-order valence-electron chi connectivity index (χ2n) is 4.88. The van der Waals surface area contributed by atoms with E-state index in [1.165, 1.54) is 7.05 Å². The smallest absolute Gasteiger partial charge is 0.235 e. The molecule has 0 spiro atoms. The molecule has 0 saturated heterocycles. The van der Waals surface area contributed by atoms with E-state index in [4.69, 9.17) is 5.73 Å². The molecule has 0 aliphatic heterocycles. The van der Waals surface area contributed by atoms with Crippen LogP contribution in [0.1, 0.15) is 24.5 Å². The molecule has 0 unspecified atom stereocenters. The SMILES string of the molecule is CCCNC(=O)CN(C)S(=O)(=O)Cc1ccc(CN)cc1. The number of carbonyl (C=O) groups is 1. The highest BCUT2D eigenvalue weighted by atomic mass is 32.2. The van der Waals surface area contributed by atoms with Gasteiger partial charge in [-0.1, -0.05) is 31.2 Å². The summed E-state index contributed by atoms with van der Waals surface area (Å²) in [4.78, 5) is 11.6. The Kier molecular flexibility index (Phi) is 6.80. The minimum atomic E-state index is -3.51. The lowest BCUT2D eigenvalue weighted by molar-refractivity contribution is -0.121. The first-order valence-corrected chi connectivity index (χ1v) is 8.48. The topological polar surface area (TPSA) is 92.5 Å². The zero-order valence-electron chi connectivity index (χ0n) is 12.5. The number of nitrogens with zero attached hydrogens (tertiary/aromatic N) is 1. The van der Waals surface area contributed by atoms with E-state index >= 15 is 0 Å². The molecule has 1 amide bonds. The Morgan fingerprint density at radius 2 is 1.81 bits per heavy atom. The first-order valence-electron chi connectivity index (χ1n) is 6.87. The van der Waals surface area contributed by atoms with Crippen molar-refractivity contribution in [1.82, 2.24) is 9.62 Å². The van der Waals surface area contributed by atoms with Crippen LogP contribution in [0, 0.1) is 0 Å². The van der Waals surface area contributed by atoms with Gasteiger partial charge in [0.15, 0.2) is 0 Å². The first-order chi connectivity index (χ1) is 9.89. The summed E-state index contributed by atoms with van der Waals surface area (Å²) in [5.74, 6) is -0.420. The monoisotopic (exact) mass is 313 g/mol. The van der Waals surface area contributed by atoms with Crippen LogP contribution >= 0.6 is 0 Å². The van der Waals surface area contributed by atoms with Gasteiger partial charge in [0.2, 0.25) is 15.9 Å². The highest BCUT2D eigenvalue weighted by Crippen LogP contribution is 2.10. The maximum atomic E-state index is 12.2. The first kappa shape index (κ1) is 17.6. The molecule has 1 aromatic carbocycles. The van der Waals surface area contributed by atoms with Gasteiger partial charge in [-0.2, -0.15) is 4.31 Å².